The van der Waals surface area contributed by atoms with Crippen LogP contribution in [-0.2, 0) is 11.3 Å². The second-order valence-electron chi connectivity index (χ2n) is 6.05. The van der Waals surface area contributed by atoms with Gasteiger partial charge in [0, 0.05) is 19.1 Å². The van der Waals surface area contributed by atoms with Gasteiger partial charge in [-0.25, -0.2) is 4.39 Å². The lowest BCUT2D eigenvalue weighted by molar-refractivity contribution is -0.121. The molecule has 0 spiro atoms. The molecule has 0 unspecified atom stereocenters. The molecule has 0 aliphatic carbocycles. The van der Waals surface area contributed by atoms with Crippen LogP contribution in [0.25, 0.3) is 0 Å². The molecule has 1 aromatic carbocycles. The first-order valence-electron chi connectivity index (χ1n) is 7.33. The van der Waals surface area contributed by atoms with Gasteiger partial charge >= 0.3 is 0 Å². The van der Waals surface area contributed by atoms with Crippen molar-refractivity contribution in [3.05, 3.63) is 29.6 Å². The third-order valence-electron chi connectivity index (χ3n) is 2.83. The van der Waals surface area contributed by atoms with Gasteiger partial charge in [0.1, 0.15) is 0 Å². The Hall–Kier alpha value is -2.31. The maximum Gasteiger partial charge on any atom is 0.239 e. The molecule has 7 heteroatoms. The zero-order chi connectivity index (χ0) is 17.5. The van der Waals surface area contributed by atoms with Crippen molar-refractivity contribution in [2.24, 2.45) is 4.99 Å². The van der Waals surface area contributed by atoms with Gasteiger partial charge in [-0.15, -0.1) is 0 Å². The lowest BCUT2D eigenvalue weighted by Gasteiger charge is -2.21. The van der Waals surface area contributed by atoms with Gasteiger partial charge < -0.3 is 20.7 Å². The largest absolute Gasteiger partial charge is 0.494 e. The van der Waals surface area contributed by atoms with Crippen LogP contribution >= 0.6 is 0 Å². The molecule has 0 saturated carbocycles. The quantitative estimate of drug-likeness (QED) is 0.565. The minimum atomic E-state index is -0.417. The highest BCUT2D eigenvalue weighted by atomic mass is 19.1. The van der Waals surface area contributed by atoms with Gasteiger partial charge in [-0.3, -0.25) is 9.79 Å². The average Bonchev–Trinajstić information content (AvgIpc) is 2.45. The number of methoxy groups -OCH3 is 1. The number of hydrogen-bond acceptors (Lipinski definition) is 3. The van der Waals surface area contributed by atoms with Crippen LogP contribution in [0.5, 0.6) is 5.75 Å². The number of ether oxygens (including phenoxy) is 1. The number of carbonyl (C=O) groups is 1. The van der Waals surface area contributed by atoms with Crippen LogP contribution in [0.15, 0.2) is 23.2 Å². The van der Waals surface area contributed by atoms with Crippen LogP contribution in [-0.4, -0.2) is 38.1 Å². The first-order valence-corrected chi connectivity index (χ1v) is 7.33. The lowest BCUT2D eigenvalue weighted by Crippen LogP contribution is -2.48. The summed E-state index contributed by atoms with van der Waals surface area (Å²) in [7, 11) is 3.02. The first-order chi connectivity index (χ1) is 10.7. The molecule has 0 radical (unpaired) electrons. The summed E-state index contributed by atoms with van der Waals surface area (Å²) in [5.41, 5.74) is 0.460. The molecule has 23 heavy (non-hydrogen) atoms. The molecular weight excluding hydrogens is 299 g/mol. The maximum absolute atomic E-state index is 13.6. The van der Waals surface area contributed by atoms with E-state index in [-0.39, 0.29) is 23.7 Å². The number of amides is 1. The lowest BCUT2D eigenvalue weighted by atomic mass is 10.1. The number of benzene rings is 1. The summed E-state index contributed by atoms with van der Waals surface area (Å²) in [5, 5.41) is 8.77. The van der Waals surface area contributed by atoms with Crippen molar-refractivity contribution in [2.45, 2.75) is 32.9 Å². The molecule has 0 fully saturated rings. The molecule has 1 rings (SSSR count). The van der Waals surface area contributed by atoms with Gasteiger partial charge in [-0.05, 0) is 38.5 Å². The molecule has 0 bridgehead atoms. The van der Waals surface area contributed by atoms with Gasteiger partial charge in [0.05, 0.1) is 13.7 Å². The van der Waals surface area contributed by atoms with Crippen molar-refractivity contribution in [3.63, 3.8) is 0 Å². The van der Waals surface area contributed by atoms with Gasteiger partial charge in [0.15, 0.2) is 17.5 Å². The smallest absolute Gasteiger partial charge is 0.239 e. The van der Waals surface area contributed by atoms with Crippen LogP contribution in [0.4, 0.5) is 4.39 Å². The van der Waals surface area contributed by atoms with Crippen molar-refractivity contribution in [3.8, 4) is 5.75 Å². The van der Waals surface area contributed by atoms with Gasteiger partial charge in [-0.1, -0.05) is 6.07 Å². The number of nitrogens with zero attached hydrogens (tertiary/aromatic N) is 1. The fraction of sp³-hybridized carbons (Fsp3) is 0.500. The third-order valence-corrected chi connectivity index (χ3v) is 2.83. The maximum atomic E-state index is 13.6. The average molecular weight is 324 g/mol. The van der Waals surface area contributed by atoms with E-state index in [0.29, 0.717) is 12.5 Å². The molecule has 0 saturated heterocycles. The van der Waals surface area contributed by atoms with E-state index >= 15 is 0 Å². The Morgan fingerprint density at radius 1 is 1.30 bits per heavy atom. The molecule has 6 nitrogen and oxygen atoms in total. The van der Waals surface area contributed by atoms with E-state index in [1.54, 1.807) is 19.2 Å². The summed E-state index contributed by atoms with van der Waals surface area (Å²) < 4.78 is 18.5. The van der Waals surface area contributed by atoms with Crippen molar-refractivity contribution in [1.29, 1.82) is 0 Å². The summed E-state index contributed by atoms with van der Waals surface area (Å²) in [6.45, 7) is 6.22. The summed E-state index contributed by atoms with van der Waals surface area (Å²) in [6.07, 6.45) is 0. The Balaban J connectivity index is 2.48. The zero-order valence-electron chi connectivity index (χ0n) is 14.3. The monoisotopic (exact) mass is 324 g/mol. The Morgan fingerprint density at radius 2 is 2.00 bits per heavy atom. The number of rotatable bonds is 5. The summed E-state index contributed by atoms with van der Waals surface area (Å²) in [5.74, 6) is 0.121. The summed E-state index contributed by atoms with van der Waals surface area (Å²) >= 11 is 0. The van der Waals surface area contributed by atoms with E-state index in [1.807, 2.05) is 20.8 Å². The zero-order valence-corrected chi connectivity index (χ0v) is 14.3. The molecule has 0 aromatic heterocycles. The number of halogens is 1. The summed E-state index contributed by atoms with van der Waals surface area (Å²) in [6, 6.07) is 4.72. The van der Waals surface area contributed by atoms with Crippen LogP contribution in [0, 0.1) is 5.82 Å². The van der Waals surface area contributed by atoms with E-state index in [1.165, 1.54) is 13.2 Å². The minimum absolute atomic E-state index is 0.105. The number of aliphatic imine (C=N–C) groups is 1. The topological polar surface area (TPSA) is 74.8 Å². The molecular formula is C16H25FN4O2. The number of hydrogen-bond donors (Lipinski definition) is 3. The van der Waals surface area contributed by atoms with Crippen molar-refractivity contribution in [2.75, 3.05) is 20.7 Å². The number of nitrogens with one attached hydrogen (secondary N) is 3. The van der Waals surface area contributed by atoms with E-state index in [2.05, 4.69) is 20.9 Å². The molecule has 0 aliphatic heterocycles. The molecule has 0 aliphatic rings. The van der Waals surface area contributed by atoms with Crippen LogP contribution in [0.3, 0.4) is 0 Å². The van der Waals surface area contributed by atoms with Gasteiger partial charge in [-0.2, -0.15) is 0 Å². The van der Waals surface area contributed by atoms with Crippen LogP contribution in [0.1, 0.15) is 26.3 Å². The van der Waals surface area contributed by atoms with Crippen molar-refractivity contribution in [1.82, 2.24) is 16.0 Å². The SMILES string of the molecule is CN=C(NCC(=O)NC(C)(C)C)NCc1ccc(OC)c(F)c1. The van der Waals surface area contributed by atoms with E-state index in [9.17, 15) is 9.18 Å². The van der Waals surface area contributed by atoms with Crippen molar-refractivity contribution < 1.29 is 13.9 Å². The molecule has 0 atom stereocenters. The highest BCUT2D eigenvalue weighted by Crippen LogP contribution is 2.17. The predicted octanol–water partition coefficient (Wildman–Crippen LogP) is 1.41. The first kappa shape index (κ1) is 18.7. The van der Waals surface area contributed by atoms with E-state index in [0.717, 1.165) is 5.56 Å². The fourth-order valence-electron chi connectivity index (χ4n) is 1.85. The standard InChI is InChI=1S/C16H25FN4O2/c1-16(2,3)21-14(22)10-20-15(18-4)19-9-11-6-7-13(23-5)12(17)8-11/h6-8H,9-10H2,1-5H3,(H,21,22)(H2,18,19,20). The normalized spacial score (nSPS) is 11.8. The predicted molar refractivity (Wildman–Crippen MR) is 89.0 cm³/mol. The van der Waals surface area contributed by atoms with Gasteiger partial charge in [0.2, 0.25) is 5.91 Å². The van der Waals surface area contributed by atoms with Crippen molar-refractivity contribution >= 4 is 11.9 Å². The number of guanidine groups is 1. The van der Waals surface area contributed by atoms with E-state index in [4.69, 9.17) is 4.74 Å². The Labute approximate surface area is 136 Å². The van der Waals surface area contributed by atoms with Crippen LogP contribution in [0.2, 0.25) is 0 Å². The Kier molecular flexibility index (Phi) is 6.81. The molecule has 0 heterocycles. The van der Waals surface area contributed by atoms with E-state index < -0.39 is 5.82 Å². The Bertz CT molecular complexity index is 568. The molecule has 3 N–H and O–H groups in total. The summed E-state index contributed by atoms with van der Waals surface area (Å²) in [4.78, 5) is 15.8. The van der Waals surface area contributed by atoms with Crippen LogP contribution < -0.4 is 20.7 Å². The minimum Gasteiger partial charge on any atom is -0.494 e. The molecule has 1 aromatic rings. The number of carbonyl (C=O) groups excluding carboxylic acids is 1. The second kappa shape index (κ2) is 8.36. The second-order valence-corrected chi connectivity index (χ2v) is 6.05. The van der Waals surface area contributed by atoms with Gasteiger partial charge in [0.25, 0.3) is 0 Å². The molecule has 128 valence electrons. The highest BCUT2D eigenvalue weighted by molar-refractivity contribution is 5.86. The third kappa shape index (κ3) is 6.99. The fourth-order valence-corrected chi connectivity index (χ4v) is 1.85. The Morgan fingerprint density at radius 3 is 2.52 bits per heavy atom. The highest BCUT2D eigenvalue weighted by Gasteiger charge is 2.13. The molecule has 1 amide bonds.